The molecule has 0 amide bonds. The van der Waals surface area contributed by atoms with Crippen molar-refractivity contribution in [2.45, 2.75) is 44.9 Å². The van der Waals surface area contributed by atoms with E-state index in [1.165, 1.54) is 25.7 Å². The van der Waals surface area contributed by atoms with Gasteiger partial charge in [-0.1, -0.05) is 30.6 Å². The van der Waals surface area contributed by atoms with Gasteiger partial charge < -0.3 is 9.63 Å². The van der Waals surface area contributed by atoms with Crippen LogP contribution in [0.2, 0.25) is 0 Å². The minimum atomic E-state index is 0.275. The van der Waals surface area contributed by atoms with Crippen LogP contribution in [0.1, 0.15) is 55.8 Å². The number of phenols is 1. The molecule has 2 unspecified atom stereocenters. The molecule has 4 heteroatoms. The minimum Gasteiger partial charge on any atom is -0.508 e. The molecule has 20 heavy (non-hydrogen) atoms. The van der Waals surface area contributed by atoms with Gasteiger partial charge in [-0.25, -0.2) is 0 Å². The first-order valence-electron chi connectivity index (χ1n) is 7.35. The van der Waals surface area contributed by atoms with Crippen molar-refractivity contribution in [3.63, 3.8) is 0 Å². The van der Waals surface area contributed by atoms with Gasteiger partial charge in [0, 0.05) is 5.92 Å². The summed E-state index contributed by atoms with van der Waals surface area (Å²) in [5.41, 5.74) is 1.07. The number of hydrogen-bond acceptors (Lipinski definition) is 4. The van der Waals surface area contributed by atoms with Crippen LogP contribution in [-0.4, -0.2) is 15.2 Å². The van der Waals surface area contributed by atoms with Gasteiger partial charge in [-0.2, -0.15) is 4.98 Å². The molecule has 0 aliphatic heterocycles. The maximum absolute atomic E-state index is 9.27. The SMILES string of the molecule is CCC1CCC(c2noc(Cc3ccc(O)cc3)n2)C1. The van der Waals surface area contributed by atoms with Gasteiger partial charge in [0.15, 0.2) is 5.82 Å². The topological polar surface area (TPSA) is 59.2 Å². The summed E-state index contributed by atoms with van der Waals surface area (Å²) >= 11 is 0. The number of benzene rings is 1. The fraction of sp³-hybridized carbons (Fsp3) is 0.500. The van der Waals surface area contributed by atoms with Crippen molar-refractivity contribution in [3.8, 4) is 5.75 Å². The number of aromatic hydroxyl groups is 1. The quantitative estimate of drug-likeness (QED) is 0.922. The Hall–Kier alpha value is -1.84. The normalized spacial score (nSPS) is 22.2. The molecule has 2 atom stereocenters. The summed E-state index contributed by atoms with van der Waals surface area (Å²) in [4.78, 5) is 4.54. The number of phenolic OH excluding ortho intramolecular Hbond substituents is 1. The van der Waals surface area contributed by atoms with Crippen LogP contribution in [0.25, 0.3) is 0 Å². The van der Waals surface area contributed by atoms with E-state index in [1.54, 1.807) is 12.1 Å². The van der Waals surface area contributed by atoms with E-state index >= 15 is 0 Å². The fourth-order valence-electron chi connectivity index (χ4n) is 2.97. The third kappa shape index (κ3) is 2.84. The summed E-state index contributed by atoms with van der Waals surface area (Å²) in [6.07, 6.45) is 5.51. The summed E-state index contributed by atoms with van der Waals surface area (Å²) in [5.74, 6) is 3.09. The number of hydrogen-bond donors (Lipinski definition) is 1. The summed E-state index contributed by atoms with van der Waals surface area (Å²) in [6.45, 7) is 2.25. The molecule has 1 saturated carbocycles. The second-order valence-electron chi connectivity index (χ2n) is 5.67. The average Bonchev–Trinajstić information content (AvgIpc) is 3.10. The van der Waals surface area contributed by atoms with E-state index in [-0.39, 0.29) is 5.75 Å². The zero-order chi connectivity index (χ0) is 13.9. The molecule has 0 spiro atoms. The van der Waals surface area contributed by atoms with Crippen LogP contribution in [0.3, 0.4) is 0 Å². The molecular weight excluding hydrogens is 252 g/mol. The van der Waals surface area contributed by atoms with Gasteiger partial charge >= 0.3 is 0 Å². The predicted octanol–water partition coefficient (Wildman–Crippen LogP) is 3.66. The standard InChI is InChI=1S/C16H20N2O2/c1-2-11-3-6-13(9-11)16-17-15(20-18-16)10-12-4-7-14(19)8-5-12/h4-5,7-8,11,13,19H,2-3,6,9-10H2,1H3. The van der Waals surface area contributed by atoms with Crippen LogP contribution < -0.4 is 0 Å². The Bertz CT molecular complexity index is 562. The Labute approximate surface area is 118 Å². The fourth-order valence-corrected chi connectivity index (χ4v) is 2.97. The van der Waals surface area contributed by atoms with Crippen LogP contribution in [-0.2, 0) is 6.42 Å². The number of rotatable bonds is 4. The molecule has 4 nitrogen and oxygen atoms in total. The highest BCUT2D eigenvalue weighted by Gasteiger charge is 2.28. The Balaban J connectivity index is 1.66. The van der Waals surface area contributed by atoms with E-state index in [0.29, 0.717) is 18.2 Å². The smallest absolute Gasteiger partial charge is 0.231 e. The molecule has 1 aromatic heterocycles. The second kappa shape index (κ2) is 5.65. The van der Waals surface area contributed by atoms with Crippen LogP contribution in [0.5, 0.6) is 5.75 Å². The highest BCUT2D eigenvalue weighted by Crippen LogP contribution is 2.38. The van der Waals surface area contributed by atoms with Gasteiger partial charge in [0.25, 0.3) is 0 Å². The maximum atomic E-state index is 9.27. The second-order valence-corrected chi connectivity index (χ2v) is 5.67. The lowest BCUT2D eigenvalue weighted by atomic mass is 10.0. The van der Waals surface area contributed by atoms with Gasteiger partial charge in [-0.3, -0.25) is 0 Å². The van der Waals surface area contributed by atoms with Crippen LogP contribution in [0.15, 0.2) is 28.8 Å². The van der Waals surface area contributed by atoms with Crippen molar-refractivity contribution in [1.29, 1.82) is 0 Å². The van der Waals surface area contributed by atoms with E-state index in [2.05, 4.69) is 17.1 Å². The van der Waals surface area contributed by atoms with Gasteiger partial charge in [-0.15, -0.1) is 0 Å². The lowest BCUT2D eigenvalue weighted by Gasteiger charge is -2.04. The summed E-state index contributed by atoms with van der Waals surface area (Å²) in [7, 11) is 0. The maximum Gasteiger partial charge on any atom is 0.231 e. The third-order valence-corrected chi connectivity index (χ3v) is 4.26. The molecule has 3 rings (SSSR count). The van der Waals surface area contributed by atoms with E-state index in [4.69, 9.17) is 4.52 Å². The number of nitrogens with zero attached hydrogens (tertiary/aromatic N) is 2. The van der Waals surface area contributed by atoms with Crippen LogP contribution in [0, 0.1) is 5.92 Å². The zero-order valence-electron chi connectivity index (χ0n) is 11.7. The average molecular weight is 272 g/mol. The molecule has 106 valence electrons. The highest BCUT2D eigenvalue weighted by atomic mass is 16.5. The van der Waals surface area contributed by atoms with Crippen molar-refractivity contribution in [2.75, 3.05) is 0 Å². The van der Waals surface area contributed by atoms with Crippen LogP contribution >= 0.6 is 0 Å². The Morgan fingerprint density at radius 2 is 2.05 bits per heavy atom. The molecule has 1 heterocycles. The summed E-state index contributed by atoms with van der Waals surface area (Å²) in [5, 5.41) is 13.4. The third-order valence-electron chi connectivity index (χ3n) is 4.26. The summed E-state index contributed by atoms with van der Waals surface area (Å²) < 4.78 is 5.36. The largest absolute Gasteiger partial charge is 0.508 e. The molecular formula is C16H20N2O2. The molecule has 0 bridgehead atoms. The van der Waals surface area contributed by atoms with Gasteiger partial charge in [-0.05, 0) is 42.9 Å². The lowest BCUT2D eigenvalue weighted by molar-refractivity contribution is 0.374. The minimum absolute atomic E-state index is 0.275. The number of aromatic nitrogens is 2. The van der Waals surface area contributed by atoms with Gasteiger partial charge in [0.05, 0.1) is 6.42 Å². The van der Waals surface area contributed by atoms with E-state index in [9.17, 15) is 5.11 Å². The Kier molecular flexibility index (Phi) is 3.72. The monoisotopic (exact) mass is 272 g/mol. The first-order chi connectivity index (χ1) is 9.74. The van der Waals surface area contributed by atoms with E-state index in [0.717, 1.165) is 17.3 Å². The van der Waals surface area contributed by atoms with Gasteiger partial charge in [0.2, 0.25) is 5.89 Å². The molecule has 0 radical (unpaired) electrons. The molecule has 1 aliphatic rings. The Morgan fingerprint density at radius 1 is 1.25 bits per heavy atom. The van der Waals surface area contributed by atoms with Gasteiger partial charge in [0.1, 0.15) is 5.75 Å². The first kappa shape index (κ1) is 13.2. The Morgan fingerprint density at radius 3 is 2.75 bits per heavy atom. The molecule has 1 aromatic carbocycles. The van der Waals surface area contributed by atoms with Crippen molar-refractivity contribution < 1.29 is 9.63 Å². The van der Waals surface area contributed by atoms with Crippen LogP contribution in [0.4, 0.5) is 0 Å². The summed E-state index contributed by atoms with van der Waals surface area (Å²) in [6, 6.07) is 7.11. The molecule has 0 saturated heterocycles. The van der Waals surface area contributed by atoms with Crippen molar-refractivity contribution in [1.82, 2.24) is 10.1 Å². The molecule has 1 fully saturated rings. The molecule has 2 aromatic rings. The van der Waals surface area contributed by atoms with Crippen molar-refractivity contribution >= 4 is 0 Å². The zero-order valence-corrected chi connectivity index (χ0v) is 11.7. The van der Waals surface area contributed by atoms with Crippen molar-refractivity contribution in [2.24, 2.45) is 5.92 Å². The van der Waals surface area contributed by atoms with E-state index in [1.807, 2.05) is 12.1 Å². The lowest BCUT2D eigenvalue weighted by Crippen LogP contribution is -1.97. The molecule has 1 N–H and O–H groups in total. The predicted molar refractivity (Wildman–Crippen MR) is 75.6 cm³/mol. The molecule has 1 aliphatic carbocycles. The van der Waals surface area contributed by atoms with E-state index < -0.39 is 0 Å². The van der Waals surface area contributed by atoms with Crippen molar-refractivity contribution in [3.05, 3.63) is 41.5 Å². The first-order valence-corrected chi connectivity index (χ1v) is 7.35. The highest BCUT2D eigenvalue weighted by molar-refractivity contribution is 5.27.